The fourth-order valence-electron chi connectivity index (χ4n) is 2.43. The van der Waals surface area contributed by atoms with Crippen molar-refractivity contribution in [1.29, 1.82) is 0 Å². The normalized spacial score (nSPS) is 21.3. The van der Waals surface area contributed by atoms with Crippen LogP contribution in [0.4, 0.5) is 0 Å². The average Bonchev–Trinajstić information content (AvgIpc) is 2.60. The molecule has 1 fully saturated rings. The van der Waals surface area contributed by atoms with E-state index in [2.05, 4.69) is 5.32 Å². The quantitative estimate of drug-likeness (QED) is 0.921. The average molecular weight is 292 g/mol. The lowest BCUT2D eigenvalue weighted by Crippen LogP contribution is -2.44. The third kappa shape index (κ3) is 3.33. The van der Waals surface area contributed by atoms with Gasteiger partial charge < -0.3 is 10.2 Å². The number of hydrogen-bond donors (Lipinski definition) is 1. The van der Waals surface area contributed by atoms with Gasteiger partial charge in [-0.3, -0.25) is 9.59 Å². The van der Waals surface area contributed by atoms with E-state index in [0.29, 0.717) is 13.0 Å². The highest BCUT2D eigenvalue weighted by atomic mass is 32.2. The first-order chi connectivity index (χ1) is 9.63. The highest BCUT2D eigenvalue weighted by Crippen LogP contribution is 2.21. The van der Waals surface area contributed by atoms with E-state index in [4.69, 9.17) is 0 Å². The van der Waals surface area contributed by atoms with Crippen molar-refractivity contribution in [2.75, 3.05) is 18.6 Å². The Hall–Kier alpha value is -1.49. The van der Waals surface area contributed by atoms with E-state index in [0.717, 1.165) is 11.3 Å². The molecule has 0 radical (unpaired) electrons. The molecule has 0 spiro atoms. The molecule has 0 saturated carbocycles. The van der Waals surface area contributed by atoms with Gasteiger partial charge in [0, 0.05) is 24.8 Å². The van der Waals surface area contributed by atoms with Crippen molar-refractivity contribution in [3.05, 3.63) is 35.9 Å². The van der Waals surface area contributed by atoms with Crippen molar-refractivity contribution in [1.82, 2.24) is 10.2 Å². The molecule has 2 rings (SSSR count). The van der Waals surface area contributed by atoms with Crippen LogP contribution in [0.1, 0.15) is 24.9 Å². The minimum atomic E-state index is -0.560. The maximum Gasteiger partial charge on any atom is 0.250 e. The molecule has 1 N–H and O–H groups in total. The summed E-state index contributed by atoms with van der Waals surface area (Å²) in [7, 11) is 0. The second-order valence-corrected chi connectivity index (χ2v) is 5.91. The van der Waals surface area contributed by atoms with Crippen LogP contribution in [0.5, 0.6) is 0 Å². The molecule has 2 amide bonds. The summed E-state index contributed by atoms with van der Waals surface area (Å²) in [6, 6.07) is 9.01. The van der Waals surface area contributed by atoms with Gasteiger partial charge in [0.05, 0.1) is 0 Å². The first kappa shape index (κ1) is 14.9. The summed E-state index contributed by atoms with van der Waals surface area (Å²) in [4.78, 5) is 26.4. The predicted octanol–water partition coefficient (Wildman–Crippen LogP) is 1.83. The molecule has 1 saturated heterocycles. The minimum Gasteiger partial charge on any atom is -0.340 e. The summed E-state index contributed by atoms with van der Waals surface area (Å²) in [5.41, 5.74) is 0.842. The second-order valence-electron chi connectivity index (χ2n) is 5.00. The largest absolute Gasteiger partial charge is 0.340 e. The summed E-state index contributed by atoms with van der Waals surface area (Å²) in [5, 5.41) is 2.83. The SMILES string of the molecule is CSCC(C)N1CCC(=O)NC(c2ccccc2)C1=O. The van der Waals surface area contributed by atoms with Gasteiger partial charge in [-0.25, -0.2) is 0 Å². The van der Waals surface area contributed by atoms with E-state index in [1.165, 1.54) is 0 Å². The van der Waals surface area contributed by atoms with E-state index >= 15 is 0 Å². The Morgan fingerprint density at radius 3 is 2.70 bits per heavy atom. The van der Waals surface area contributed by atoms with Crippen molar-refractivity contribution < 1.29 is 9.59 Å². The molecule has 2 unspecified atom stereocenters. The van der Waals surface area contributed by atoms with Gasteiger partial charge in [-0.15, -0.1) is 0 Å². The van der Waals surface area contributed by atoms with E-state index in [-0.39, 0.29) is 17.9 Å². The summed E-state index contributed by atoms with van der Waals surface area (Å²) < 4.78 is 0. The minimum absolute atomic E-state index is 0.0106. The number of carbonyl (C=O) groups excluding carboxylic acids is 2. The van der Waals surface area contributed by atoms with E-state index in [1.807, 2.05) is 48.4 Å². The van der Waals surface area contributed by atoms with Gasteiger partial charge in [-0.2, -0.15) is 11.8 Å². The van der Waals surface area contributed by atoms with Gasteiger partial charge in [-0.05, 0) is 18.7 Å². The number of rotatable bonds is 4. The number of thioether (sulfide) groups is 1. The standard InChI is InChI=1S/C15H20N2O2S/c1-11(10-20-2)17-9-8-13(18)16-14(15(17)19)12-6-4-3-5-7-12/h3-7,11,14H,8-10H2,1-2H3,(H,16,18). The first-order valence-corrected chi connectivity index (χ1v) is 8.16. The lowest BCUT2D eigenvalue weighted by Gasteiger charge is -2.29. The zero-order chi connectivity index (χ0) is 14.5. The van der Waals surface area contributed by atoms with Gasteiger partial charge in [0.25, 0.3) is 0 Å². The van der Waals surface area contributed by atoms with Gasteiger partial charge in [0.15, 0.2) is 0 Å². The van der Waals surface area contributed by atoms with E-state index < -0.39 is 6.04 Å². The monoisotopic (exact) mass is 292 g/mol. The topological polar surface area (TPSA) is 49.4 Å². The summed E-state index contributed by atoms with van der Waals surface area (Å²) >= 11 is 1.71. The van der Waals surface area contributed by atoms with Crippen LogP contribution < -0.4 is 5.32 Å². The lowest BCUT2D eigenvalue weighted by molar-refractivity contribution is -0.135. The number of nitrogens with one attached hydrogen (secondary N) is 1. The molecule has 4 nitrogen and oxygen atoms in total. The molecule has 1 aliphatic heterocycles. The van der Waals surface area contributed by atoms with Crippen molar-refractivity contribution >= 4 is 23.6 Å². The molecular weight excluding hydrogens is 272 g/mol. The van der Waals surface area contributed by atoms with Gasteiger partial charge in [0.2, 0.25) is 11.8 Å². The van der Waals surface area contributed by atoms with Crippen LogP contribution in [0.2, 0.25) is 0 Å². The molecular formula is C15H20N2O2S. The highest BCUT2D eigenvalue weighted by Gasteiger charge is 2.32. The van der Waals surface area contributed by atoms with Crippen LogP contribution in [0.15, 0.2) is 30.3 Å². The number of amides is 2. The first-order valence-electron chi connectivity index (χ1n) is 6.77. The molecule has 0 aromatic heterocycles. The molecule has 1 aliphatic rings. The fourth-order valence-corrected chi connectivity index (χ4v) is 3.10. The summed E-state index contributed by atoms with van der Waals surface area (Å²) in [6.07, 6.45) is 2.39. The Morgan fingerprint density at radius 1 is 1.35 bits per heavy atom. The van der Waals surface area contributed by atoms with E-state index in [1.54, 1.807) is 11.8 Å². The molecule has 108 valence electrons. The van der Waals surface area contributed by atoms with Crippen molar-refractivity contribution in [3.63, 3.8) is 0 Å². The van der Waals surface area contributed by atoms with Gasteiger partial charge in [0.1, 0.15) is 6.04 Å². The summed E-state index contributed by atoms with van der Waals surface area (Å²) in [5.74, 6) is 0.802. The third-order valence-corrected chi connectivity index (χ3v) is 4.30. The Balaban J connectivity index is 2.26. The molecule has 2 atom stereocenters. The Kier molecular flexibility index (Phi) is 5.06. The molecule has 20 heavy (non-hydrogen) atoms. The molecule has 1 aromatic rings. The lowest BCUT2D eigenvalue weighted by atomic mass is 10.1. The Labute approximate surface area is 123 Å². The predicted molar refractivity (Wildman–Crippen MR) is 81.5 cm³/mol. The molecule has 1 heterocycles. The highest BCUT2D eigenvalue weighted by molar-refractivity contribution is 7.98. The van der Waals surface area contributed by atoms with Crippen molar-refractivity contribution in [2.24, 2.45) is 0 Å². The Morgan fingerprint density at radius 2 is 2.05 bits per heavy atom. The van der Waals surface area contributed by atoms with Crippen molar-refractivity contribution in [2.45, 2.75) is 25.4 Å². The van der Waals surface area contributed by atoms with Gasteiger partial charge >= 0.3 is 0 Å². The number of hydrogen-bond acceptors (Lipinski definition) is 3. The van der Waals surface area contributed by atoms with Gasteiger partial charge in [-0.1, -0.05) is 30.3 Å². The smallest absolute Gasteiger partial charge is 0.250 e. The molecule has 0 bridgehead atoms. The molecule has 5 heteroatoms. The maximum absolute atomic E-state index is 12.7. The summed E-state index contributed by atoms with van der Waals surface area (Å²) in [6.45, 7) is 2.53. The van der Waals surface area contributed by atoms with Crippen LogP contribution in [0.25, 0.3) is 0 Å². The third-order valence-electron chi connectivity index (χ3n) is 3.49. The van der Waals surface area contributed by atoms with Crippen LogP contribution >= 0.6 is 11.8 Å². The zero-order valence-electron chi connectivity index (χ0n) is 11.8. The second kappa shape index (κ2) is 6.79. The van der Waals surface area contributed by atoms with Crippen molar-refractivity contribution in [3.8, 4) is 0 Å². The van der Waals surface area contributed by atoms with E-state index in [9.17, 15) is 9.59 Å². The Bertz CT molecular complexity index is 478. The van der Waals surface area contributed by atoms with Crippen LogP contribution in [-0.2, 0) is 9.59 Å². The number of benzene rings is 1. The molecule has 1 aromatic carbocycles. The molecule has 0 aliphatic carbocycles. The van der Waals surface area contributed by atoms with Crippen LogP contribution in [-0.4, -0.2) is 41.3 Å². The number of carbonyl (C=O) groups is 2. The fraction of sp³-hybridized carbons (Fsp3) is 0.467. The maximum atomic E-state index is 12.7. The zero-order valence-corrected chi connectivity index (χ0v) is 12.7. The number of nitrogens with zero attached hydrogens (tertiary/aromatic N) is 1. The van der Waals surface area contributed by atoms with Crippen LogP contribution in [0, 0.1) is 0 Å². The van der Waals surface area contributed by atoms with Crippen LogP contribution in [0.3, 0.4) is 0 Å².